The van der Waals surface area contributed by atoms with Gasteiger partial charge in [0.2, 0.25) is 5.82 Å². The van der Waals surface area contributed by atoms with E-state index in [1.54, 1.807) is 0 Å². The number of aliphatic hydroxyl groups excluding tert-OH is 1. The number of hydrogen-bond donors (Lipinski definition) is 2. The van der Waals surface area contributed by atoms with Gasteiger partial charge in [-0.25, -0.2) is 9.67 Å². The van der Waals surface area contributed by atoms with Crippen molar-refractivity contribution in [2.75, 3.05) is 19.8 Å². The molecule has 20 heavy (non-hydrogen) atoms. The molecule has 3 N–H and O–H groups in total. The highest BCUT2D eigenvalue weighted by Crippen LogP contribution is 2.21. The van der Waals surface area contributed by atoms with E-state index >= 15 is 0 Å². The monoisotopic (exact) mass is 286 g/mol. The summed E-state index contributed by atoms with van der Waals surface area (Å²) in [5.41, 5.74) is 5.06. The number of primary amides is 1. The maximum Gasteiger partial charge on any atom is 0.288 e. The summed E-state index contributed by atoms with van der Waals surface area (Å²) in [6.07, 6.45) is 0.144. The minimum Gasteiger partial charge on any atom is -0.392 e. The fourth-order valence-electron chi connectivity index (χ4n) is 1.69. The van der Waals surface area contributed by atoms with Gasteiger partial charge in [0.25, 0.3) is 5.91 Å². The largest absolute Gasteiger partial charge is 0.392 e. The van der Waals surface area contributed by atoms with Gasteiger partial charge in [-0.3, -0.25) is 4.79 Å². The first-order valence-corrected chi connectivity index (χ1v) is 6.16. The molecule has 0 aromatic carbocycles. The third kappa shape index (κ3) is 3.51. The number of ether oxygens (including phenoxy) is 3. The molecule has 1 aromatic heterocycles. The summed E-state index contributed by atoms with van der Waals surface area (Å²) in [5, 5.41) is 13.2. The first kappa shape index (κ1) is 14.9. The number of carbonyl (C=O) groups is 1. The molecule has 2 rings (SSSR count). The quantitative estimate of drug-likeness (QED) is 0.714. The number of carbonyl (C=O) groups excluding carboxylic acids is 1. The Balaban J connectivity index is 1.97. The number of nitrogens with zero attached hydrogens (tertiary/aromatic N) is 3. The van der Waals surface area contributed by atoms with Gasteiger partial charge in [0.15, 0.2) is 12.0 Å². The molecule has 0 radical (unpaired) electrons. The van der Waals surface area contributed by atoms with Gasteiger partial charge in [-0.05, 0) is 13.8 Å². The van der Waals surface area contributed by atoms with Crippen LogP contribution >= 0.6 is 0 Å². The summed E-state index contributed by atoms with van der Waals surface area (Å²) in [6.45, 7) is 3.95. The molecule has 1 saturated heterocycles. The molecule has 1 atom stereocenters. The minimum absolute atomic E-state index is 0.135. The van der Waals surface area contributed by atoms with Crippen molar-refractivity contribution in [3.63, 3.8) is 0 Å². The first-order chi connectivity index (χ1) is 9.41. The fourth-order valence-corrected chi connectivity index (χ4v) is 1.69. The molecule has 9 nitrogen and oxygen atoms in total. The molecule has 2 heterocycles. The van der Waals surface area contributed by atoms with Crippen LogP contribution in [0, 0.1) is 0 Å². The van der Waals surface area contributed by atoms with Crippen LogP contribution in [0.15, 0.2) is 6.33 Å². The van der Waals surface area contributed by atoms with Crippen molar-refractivity contribution in [1.29, 1.82) is 0 Å². The Morgan fingerprint density at radius 1 is 1.65 bits per heavy atom. The van der Waals surface area contributed by atoms with Crippen LogP contribution in [-0.4, -0.2) is 57.5 Å². The maximum absolute atomic E-state index is 10.9. The average molecular weight is 286 g/mol. The summed E-state index contributed by atoms with van der Waals surface area (Å²) in [7, 11) is 0. The van der Waals surface area contributed by atoms with Crippen molar-refractivity contribution in [2.24, 2.45) is 5.73 Å². The van der Waals surface area contributed by atoms with Crippen LogP contribution in [0.5, 0.6) is 0 Å². The highest BCUT2D eigenvalue weighted by molar-refractivity contribution is 5.88. The van der Waals surface area contributed by atoms with E-state index < -0.39 is 17.9 Å². The van der Waals surface area contributed by atoms with Gasteiger partial charge in [0, 0.05) is 0 Å². The standard InChI is InChI=1S/C11H18N4O5/c1-11(2)18-4-7(5-19-11)20-8(3-16)15-6-13-10(14-15)9(12)17/h6-8,16H,3-5H2,1-2H3,(H2,12,17)/t8-/m1/s1. The molecular weight excluding hydrogens is 268 g/mol. The zero-order chi connectivity index (χ0) is 14.8. The van der Waals surface area contributed by atoms with E-state index in [1.807, 2.05) is 13.8 Å². The summed E-state index contributed by atoms with van der Waals surface area (Å²) < 4.78 is 17.8. The lowest BCUT2D eigenvalue weighted by Gasteiger charge is -2.35. The molecule has 0 unspecified atom stereocenters. The number of rotatable bonds is 5. The van der Waals surface area contributed by atoms with Crippen LogP contribution < -0.4 is 5.73 Å². The predicted molar refractivity (Wildman–Crippen MR) is 65.5 cm³/mol. The molecule has 0 saturated carbocycles. The molecule has 1 aliphatic heterocycles. The number of hydrogen-bond acceptors (Lipinski definition) is 7. The van der Waals surface area contributed by atoms with Gasteiger partial charge in [-0.1, -0.05) is 0 Å². The van der Waals surface area contributed by atoms with E-state index in [2.05, 4.69) is 10.1 Å². The molecule has 1 fully saturated rings. The minimum atomic E-state index is -0.783. The Hall–Kier alpha value is -1.55. The van der Waals surface area contributed by atoms with Gasteiger partial charge >= 0.3 is 0 Å². The Kier molecular flexibility index (Phi) is 4.33. The van der Waals surface area contributed by atoms with E-state index in [1.165, 1.54) is 11.0 Å². The Morgan fingerprint density at radius 3 is 2.80 bits per heavy atom. The highest BCUT2D eigenvalue weighted by atomic mass is 16.7. The molecule has 1 amide bonds. The molecular formula is C11H18N4O5. The van der Waals surface area contributed by atoms with Gasteiger partial charge in [-0.15, -0.1) is 5.10 Å². The molecule has 0 bridgehead atoms. The molecule has 9 heteroatoms. The third-order valence-corrected chi connectivity index (χ3v) is 2.76. The van der Waals surface area contributed by atoms with Crippen LogP contribution in [-0.2, 0) is 14.2 Å². The van der Waals surface area contributed by atoms with Gasteiger partial charge in [-0.2, -0.15) is 0 Å². The van der Waals surface area contributed by atoms with Crippen molar-refractivity contribution in [3.8, 4) is 0 Å². The lowest BCUT2D eigenvalue weighted by Crippen LogP contribution is -2.44. The van der Waals surface area contributed by atoms with Crippen molar-refractivity contribution in [1.82, 2.24) is 14.8 Å². The van der Waals surface area contributed by atoms with E-state index in [4.69, 9.17) is 19.9 Å². The van der Waals surface area contributed by atoms with E-state index in [0.29, 0.717) is 13.2 Å². The SMILES string of the molecule is CC1(C)OCC(O[C@H](CO)n2cnc(C(N)=O)n2)CO1. The van der Waals surface area contributed by atoms with Gasteiger partial charge < -0.3 is 25.1 Å². The normalized spacial score (nSPS) is 20.8. The average Bonchev–Trinajstić information content (AvgIpc) is 2.87. The zero-order valence-corrected chi connectivity index (χ0v) is 11.4. The number of nitrogens with two attached hydrogens (primary N) is 1. The molecule has 0 spiro atoms. The number of amides is 1. The number of aliphatic hydroxyl groups is 1. The molecule has 112 valence electrons. The smallest absolute Gasteiger partial charge is 0.288 e. The second-order valence-electron chi connectivity index (χ2n) is 4.83. The second-order valence-corrected chi connectivity index (χ2v) is 4.83. The zero-order valence-electron chi connectivity index (χ0n) is 11.4. The summed E-state index contributed by atoms with van der Waals surface area (Å²) in [5.74, 6) is -1.52. The second kappa shape index (κ2) is 5.83. The summed E-state index contributed by atoms with van der Waals surface area (Å²) in [4.78, 5) is 14.7. The van der Waals surface area contributed by atoms with Crippen LogP contribution in [0.4, 0.5) is 0 Å². The highest BCUT2D eigenvalue weighted by Gasteiger charge is 2.30. The Bertz CT molecular complexity index is 465. The van der Waals surface area contributed by atoms with Gasteiger partial charge in [0.05, 0.1) is 19.8 Å². The van der Waals surface area contributed by atoms with Crippen molar-refractivity contribution in [3.05, 3.63) is 12.2 Å². The lowest BCUT2D eigenvalue weighted by atomic mass is 10.3. The third-order valence-electron chi connectivity index (χ3n) is 2.76. The van der Waals surface area contributed by atoms with Crippen molar-refractivity contribution >= 4 is 5.91 Å². The van der Waals surface area contributed by atoms with Crippen LogP contribution in [0.2, 0.25) is 0 Å². The lowest BCUT2D eigenvalue weighted by molar-refractivity contribution is -0.290. The fraction of sp³-hybridized carbons (Fsp3) is 0.727. The van der Waals surface area contributed by atoms with Crippen LogP contribution in [0.1, 0.15) is 30.7 Å². The van der Waals surface area contributed by atoms with Crippen LogP contribution in [0.3, 0.4) is 0 Å². The molecule has 0 aliphatic carbocycles. The van der Waals surface area contributed by atoms with E-state index in [0.717, 1.165) is 0 Å². The first-order valence-electron chi connectivity index (χ1n) is 6.16. The van der Waals surface area contributed by atoms with E-state index in [-0.39, 0.29) is 18.5 Å². The number of aromatic nitrogens is 3. The topological polar surface area (TPSA) is 122 Å². The van der Waals surface area contributed by atoms with Crippen LogP contribution in [0.25, 0.3) is 0 Å². The van der Waals surface area contributed by atoms with Gasteiger partial charge in [0.1, 0.15) is 12.4 Å². The molecule has 1 aromatic rings. The van der Waals surface area contributed by atoms with Crippen molar-refractivity contribution < 1.29 is 24.1 Å². The molecule has 1 aliphatic rings. The van der Waals surface area contributed by atoms with E-state index in [9.17, 15) is 9.90 Å². The summed E-state index contributed by atoms with van der Waals surface area (Å²) >= 11 is 0. The van der Waals surface area contributed by atoms with Crippen molar-refractivity contribution in [2.45, 2.75) is 32.0 Å². The predicted octanol–water partition coefficient (Wildman–Crippen LogP) is -0.964. The Labute approximate surface area is 115 Å². The summed E-state index contributed by atoms with van der Waals surface area (Å²) in [6, 6.07) is 0. The Morgan fingerprint density at radius 2 is 2.30 bits per heavy atom. The maximum atomic E-state index is 10.9.